The van der Waals surface area contributed by atoms with Gasteiger partial charge in [0.2, 0.25) is 6.61 Å². The number of carbonyl (C=O) groups excluding carboxylic acids is 1. The summed E-state index contributed by atoms with van der Waals surface area (Å²) in [6.45, 7) is 1.82. The summed E-state index contributed by atoms with van der Waals surface area (Å²) < 4.78 is 9.74. The molecule has 0 unspecified atom stereocenters. The Hall–Kier alpha value is -2.04. The monoisotopic (exact) mass is 237 g/mol. The summed E-state index contributed by atoms with van der Waals surface area (Å²) in [6, 6.07) is 9.26. The predicted molar refractivity (Wildman–Crippen MR) is 62.6 cm³/mol. The van der Waals surface area contributed by atoms with Gasteiger partial charge in [-0.3, -0.25) is 0 Å². The molecule has 0 aromatic heterocycles. The second kappa shape index (κ2) is 7.27. The first kappa shape index (κ1) is 13.0. The van der Waals surface area contributed by atoms with Crippen molar-refractivity contribution in [2.24, 2.45) is 5.16 Å². The average molecular weight is 237 g/mol. The highest BCUT2D eigenvalue weighted by molar-refractivity contribution is 5.93. The van der Waals surface area contributed by atoms with Crippen molar-refractivity contribution in [2.45, 2.75) is 6.92 Å². The van der Waals surface area contributed by atoms with Crippen LogP contribution < -0.4 is 0 Å². The molecule has 0 spiro atoms. The number of nitrogens with zero attached hydrogens (tertiary/aromatic N) is 1. The summed E-state index contributed by atoms with van der Waals surface area (Å²) in [7, 11) is 1.49. The summed E-state index contributed by atoms with van der Waals surface area (Å²) in [4.78, 5) is 15.8. The first-order valence-corrected chi connectivity index (χ1v) is 5.23. The number of hydrogen-bond donors (Lipinski definition) is 0. The number of hydrogen-bond acceptors (Lipinski definition) is 5. The fourth-order valence-corrected chi connectivity index (χ4v) is 1.13. The Morgan fingerprint density at radius 3 is 2.59 bits per heavy atom. The van der Waals surface area contributed by atoms with Crippen molar-refractivity contribution in [2.75, 3.05) is 20.3 Å². The summed E-state index contributed by atoms with van der Waals surface area (Å²) >= 11 is 0. The average Bonchev–Trinajstić information content (AvgIpc) is 2.36. The maximum Gasteiger partial charge on any atom is 0.347 e. The third-order valence-corrected chi connectivity index (χ3v) is 1.85. The number of rotatable bonds is 5. The van der Waals surface area contributed by atoms with Gasteiger partial charge < -0.3 is 14.3 Å². The van der Waals surface area contributed by atoms with E-state index in [-0.39, 0.29) is 6.61 Å². The lowest BCUT2D eigenvalue weighted by Gasteiger charge is -2.04. The van der Waals surface area contributed by atoms with E-state index in [1.165, 1.54) is 7.11 Å². The second-order valence-corrected chi connectivity index (χ2v) is 3.05. The highest BCUT2D eigenvalue weighted by atomic mass is 16.7. The van der Waals surface area contributed by atoms with Crippen LogP contribution in [-0.4, -0.2) is 32.2 Å². The molecule has 1 aromatic rings. The van der Waals surface area contributed by atoms with Gasteiger partial charge in [0, 0.05) is 5.56 Å². The van der Waals surface area contributed by atoms with Gasteiger partial charge in [-0.1, -0.05) is 18.2 Å². The van der Waals surface area contributed by atoms with Crippen LogP contribution in [-0.2, 0) is 19.1 Å². The van der Waals surface area contributed by atoms with Gasteiger partial charge in [-0.05, 0) is 24.2 Å². The molecule has 0 saturated carbocycles. The largest absolute Gasteiger partial charge is 0.479 e. The maximum absolute atomic E-state index is 11.0. The molecule has 0 amide bonds. The maximum atomic E-state index is 11.0. The van der Waals surface area contributed by atoms with E-state index in [0.717, 1.165) is 5.56 Å². The van der Waals surface area contributed by atoms with E-state index in [2.05, 4.69) is 9.89 Å². The van der Waals surface area contributed by atoms with Crippen LogP contribution in [0, 0.1) is 0 Å². The minimum absolute atomic E-state index is 0.229. The van der Waals surface area contributed by atoms with Gasteiger partial charge in [-0.2, -0.15) is 0 Å². The van der Waals surface area contributed by atoms with Crippen LogP contribution in [0.4, 0.5) is 0 Å². The molecule has 1 rings (SSSR count). The van der Waals surface area contributed by atoms with Crippen molar-refractivity contribution in [3.8, 4) is 0 Å². The van der Waals surface area contributed by atoms with Crippen molar-refractivity contribution in [1.82, 2.24) is 0 Å². The third-order valence-electron chi connectivity index (χ3n) is 1.85. The van der Waals surface area contributed by atoms with Gasteiger partial charge in [-0.25, -0.2) is 4.79 Å². The molecule has 0 heterocycles. The fraction of sp³-hybridized carbons (Fsp3) is 0.333. The number of oxime groups is 1. The van der Waals surface area contributed by atoms with Gasteiger partial charge in [-0.15, -0.1) is 0 Å². The highest BCUT2D eigenvalue weighted by Gasteiger charge is 2.05. The molecule has 0 aliphatic carbocycles. The van der Waals surface area contributed by atoms with E-state index in [0.29, 0.717) is 12.5 Å². The Morgan fingerprint density at radius 2 is 2.00 bits per heavy atom. The topological polar surface area (TPSA) is 57.1 Å². The molecule has 5 nitrogen and oxygen atoms in total. The molecule has 0 fully saturated rings. The normalized spacial score (nSPS) is 10.8. The Bertz CT molecular complexity index is 375. The molecule has 0 saturated heterocycles. The van der Waals surface area contributed by atoms with E-state index in [9.17, 15) is 4.79 Å². The molecular weight excluding hydrogens is 222 g/mol. The predicted octanol–water partition coefficient (Wildman–Crippen LogP) is 1.57. The SMILES string of the molecule is CCOC(=O)CO/N=C(\OC)c1ccccc1. The minimum atomic E-state index is -0.459. The summed E-state index contributed by atoms with van der Waals surface area (Å²) in [5, 5.41) is 3.73. The lowest BCUT2D eigenvalue weighted by molar-refractivity contribution is -0.148. The molecule has 1 aromatic carbocycles. The highest BCUT2D eigenvalue weighted by Crippen LogP contribution is 2.02. The lowest BCUT2D eigenvalue weighted by atomic mass is 10.2. The van der Waals surface area contributed by atoms with E-state index < -0.39 is 5.97 Å². The zero-order valence-electron chi connectivity index (χ0n) is 9.88. The van der Waals surface area contributed by atoms with Gasteiger partial charge in [0.25, 0.3) is 5.90 Å². The molecule has 0 aliphatic heterocycles. The molecule has 5 heteroatoms. The summed E-state index contributed by atoms with van der Waals surface area (Å²) in [5.41, 5.74) is 0.777. The van der Waals surface area contributed by atoms with Gasteiger partial charge in [0.15, 0.2) is 0 Å². The first-order valence-electron chi connectivity index (χ1n) is 5.23. The standard InChI is InChI=1S/C12H15NO4/c1-3-16-11(14)9-17-13-12(15-2)10-7-5-4-6-8-10/h4-8H,3,9H2,1-2H3/b13-12-. The smallest absolute Gasteiger partial charge is 0.347 e. The summed E-state index contributed by atoms with van der Waals surface area (Å²) in [6.07, 6.45) is 0. The lowest BCUT2D eigenvalue weighted by Crippen LogP contribution is -2.12. The first-order chi connectivity index (χ1) is 8.27. The van der Waals surface area contributed by atoms with Crippen LogP contribution in [0.2, 0.25) is 0 Å². The molecule has 0 radical (unpaired) electrons. The number of esters is 1. The van der Waals surface area contributed by atoms with E-state index >= 15 is 0 Å². The van der Waals surface area contributed by atoms with Crippen LogP contribution in [0.1, 0.15) is 12.5 Å². The number of ether oxygens (including phenoxy) is 2. The Labute approximate surface area is 100.0 Å². The second-order valence-electron chi connectivity index (χ2n) is 3.05. The molecule has 0 N–H and O–H groups in total. The van der Waals surface area contributed by atoms with Crippen molar-refractivity contribution in [1.29, 1.82) is 0 Å². The molecule has 0 bridgehead atoms. The number of methoxy groups -OCH3 is 1. The molecular formula is C12H15NO4. The Kier molecular flexibility index (Phi) is 5.57. The number of carbonyl (C=O) groups is 1. The van der Waals surface area contributed by atoms with Crippen molar-refractivity contribution >= 4 is 11.9 Å². The third kappa shape index (κ3) is 4.55. The van der Waals surface area contributed by atoms with Crippen molar-refractivity contribution < 1.29 is 19.1 Å². The Morgan fingerprint density at radius 1 is 1.29 bits per heavy atom. The van der Waals surface area contributed by atoms with E-state index in [4.69, 9.17) is 9.57 Å². The van der Waals surface area contributed by atoms with Crippen LogP contribution in [0.25, 0.3) is 0 Å². The van der Waals surface area contributed by atoms with Crippen LogP contribution >= 0.6 is 0 Å². The quantitative estimate of drug-likeness (QED) is 0.337. The molecule has 0 atom stereocenters. The molecule has 92 valence electrons. The van der Waals surface area contributed by atoms with E-state index in [1.54, 1.807) is 6.92 Å². The van der Waals surface area contributed by atoms with Crippen molar-refractivity contribution in [3.05, 3.63) is 35.9 Å². The Balaban J connectivity index is 2.54. The minimum Gasteiger partial charge on any atom is -0.479 e. The van der Waals surface area contributed by atoms with E-state index in [1.807, 2.05) is 30.3 Å². The fourth-order valence-electron chi connectivity index (χ4n) is 1.13. The molecule has 17 heavy (non-hydrogen) atoms. The van der Waals surface area contributed by atoms with Gasteiger partial charge in [0.1, 0.15) is 0 Å². The van der Waals surface area contributed by atoms with Gasteiger partial charge >= 0.3 is 5.97 Å². The van der Waals surface area contributed by atoms with Crippen LogP contribution in [0.5, 0.6) is 0 Å². The summed E-state index contributed by atoms with van der Waals surface area (Å²) in [5.74, 6) is -0.144. The molecule has 0 aliphatic rings. The van der Waals surface area contributed by atoms with Crippen molar-refractivity contribution in [3.63, 3.8) is 0 Å². The van der Waals surface area contributed by atoms with Gasteiger partial charge in [0.05, 0.1) is 13.7 Å². The zero-order chi connectivity index (χ0) is 12.5. The van der Waals surface area contributed by atoms with Crippen LogP contribution in [0.15, 0.2) is 35.5 Å². The zero-order valence-corrected chi connectivity index (χ0v) is 9.88. The van der Waals surface area contributed by atoms with Crippen LogP contribution in [0.3, 0.4) is 0 Å². The number of benzene rings is 1.